The molecule has 3 heteroatoms. The second-order valence-electron chi connectivity index (χ2n) is 2.47. The molecular weight excluding hydrogens is 150 g/mol. The maximum Gasteiger partial charge on any atom is 0.0578 e. The Labute approximate surface area is 70.1 Å². The van der Waals surface area contributed by atoms with Crippen LogP contribution in [0.25, 0.3) is 12.2 Å². The Bertz CT molecular complexity index is 307. The zero-order valence-electron chi connectivity index (χ0n) is 6.49. The normalized spacial score (nSPS) is 11.0. The summed E-state index contributed by atoms with van der Waals surface area (Å²) in [5, 5.41) is 6.68. The lowest BCUT2D eigenvalue weighted by Gasteiger charge is -1.83. The molecule has 0 aliphatic rings. The van der Waals surface area contributed by atoms with E-state index >= 15 is 0 Å². The smallest absolute Gasteiger partial charge is 0.0578 e. The highest BCUT2D eigenvalue weighted by Gasteiger charge is 1.86. The summed E-state index contributed by atoms with van der Waals surface area (Å²) < 4.78 is 0. The van der Waals surface area contributed by atoms with Crippen LogP contribution in [0.4, 0.5) is 0 Å². The van der Waals surface area contributed by atoms with Gasteiger partial charge in [-0.15, -0.1) is 0 Å². The minimum absolute atomic E-state index is 1.00. The lowest BCUT2D eigenvalue weighted by Crippen LogP contribution is -1.71. The van der Waals surface area contributed by atoms with E-state index in [1.807, 2.05) is 36.5 Å². The van der Waals surface area contributed by atoms with Gasteiger partial charge in [-0.2, -0.15) is 5.10 Å². The number of hydrogen-bond donors (Lipinski definition) is 2. The Kier molecular flexibility index (Phi) is 1.78. The molecule has 0 radical (unpaired) electrons. The summed E-state index contributed by atoms with van der Waals surface area (Å²) in [6.45, 7) is 0. The number of rotatable bonds is 2. The third-order valence-electron chi connectivity index (χ3n) is 1.59. The van der Waals surface area contributed by atoms with E-state index in [9.17, 15) is 0 Å². The van der Waals surface area contributed by atoms with Crippen molar-refractivity contribution in [1.82, 2.24) is 15.2 Å². The first kappa shape index (κ1) is 6.91. The zero-order valence-corrected chi connectivity index (χ0v) is 6.49. The predicted octanol–water partition coefficient (Wildman–Crippen LogP) is 1.91. The molecule has 2 rings (SSSR count). The minimum Gasteiger partial charge on any atom is -0.362 e. The standard InChI is InChI=1S/C9H9N3/c1-2-8(10-6-1)3-4-9-5-7-11-12-9/h1-7,10H,(H,11,12)/b4-3-. The van der Waals surface area contributed by atoms with Crippen molar-refractivity contribution in [1.29, 1.82) is 0 Å². The van der Waals surface area contributed by atoms with Gasteiger partial charge in [0, 0.05) is 18.1 Å². The van der Waals surface area contributed by atoms with Crippen LogP contribution in [0.5, 0.6) is 0 Å². The maximum absolute atomic E-state index is 3.84. The molecule has 0 aromatic carbocycles. The van der Waals surface area contributed by atoms with Gasteiger partial charge in [-0.3, -0.25) is 5.10 Å². The molecule has 2 aromatic rings. The minimum atomic E-state index is 1.00. The molecule has 2 aromatic heterocycles. The first-order valence-corrected chi connectivity index (χ1v) is 3.76. The number of nitrogens with one attached hydrogen (secondary N) is 2. The highest BCUT2D eigenvalue weighted by Crippen LogP contribution is 2.02. The van der Waals surface area contributed by atoms with E-state index in [4.69, 9.17) is 0 Å². The number of aromatic amines is 2. The molecule has 0 aliphatic heterocycles. The molecule has 0 unspecified atom stereocenters. The van der Waals surface area contributed by atoms with E-state index in [0.29, 0.717) is 0 Å². The molecular formula is C9H9N3. The van der Waals surface area contributed by atoms with Gasteiger partial charge in [-0.25, -0.2) is 0 Å². The van der Waals surface area contributed by atoms with Crippen molar-refractivity contribution in [2.45, 2.75) is 0 Å². The van der Waals surface area contributed by atoms with Crippen molar-refractivity contribution in [2.75, 3.05) is 0 Å². The molecule has 0 saturated carbocycles. The first-order chi connectivity index (χ1) is 5.95. The summed E-state index contributed by atoms with van der Waals surface area (Å²) in [6.07, 6.45) is 7.59. The largest absolute Gasteiger partial charge is 0.362 e. The fourth-order valence-corrected chi connectivity index (χ4v) is 0.987. The van der Waals surface area contributed by atoms with Gasteiger partial charge in [-0.1, -0.05) is 0 Å². The number of aromatic nitrogens is 3. The lowest BCUT2D eigenvalue weighted by atomic mass is 10.3. The van der Waals surface area contributed by atoms with Crippen LogP contribution in [-0.2, 0) is 0 Å². The Balaban J connectivity index is 2.14. The van der Waals surface area contributed by atoms with Gasteiger partial charge in [0.05, 0.1) is 5.69 Å². The van der Waals surface area contributed by atoms with Crippen LogP contribution in [0.1, 0.15) is 11.4 Å². The molecule has 60 valence electrons. The molecule has 0 spiro atoms. The van der Waals surface area contributed by atoms with Gasteiger partial charge >= 0.3 is 0 Å². The summed E-state index contributed by atoms with van der Waals surface area (Å²) in [5.41, 5.74) is 2.09. The SMILES string of the molecule is C(=C/c1ccn[nH]1)/c1ccc[nH]1. The van der Waals surface area contributed by atoms with Gasteiger partial charge in [0.15, 0.2) is 0 Å². The monoisotopic (exact) mass is 159 g/mol. The summed E-state index contributed by atoms with van der Waals surface area (Å²) in [7, 11) is 0. The third-order valence-corrected chi connectivity index (χ3v) is 1.59. The Morgan fingerprint density at radius 1 is 1.17 bits per heavy atom. The summed E-state index contributed by atoms with van der Waals surface area (Å²) in [4.78, 5) is 3.08. The predicted molar refractivity (Wildman–Crippen MR) is 48.3 cm³/mol. The Morgan fingerprint density at radius 2 is 2.08 bits per heavy atom. The fraction of sp³-hybridized carbons (Fsp3) is 0. The number of nitrogens with zero attached hydrogens (tertiary/aromatic N) is 1. The average molecular weight is 159 g/mol. The van der Waals surface area contributed by atoms with Crippen LogP contribution in [0.15, 0.2) is 30.6 Å². The van der Waals surface area contributed by atoms with Gasteiger partial charge in [0.25, 0.3) is 0 Å². The molecule has 12 heavy (non-hydrogen) atoms. The summed E-state index contributed by atoms with van der Waals surface area (Å²) in [6, 6.07) is 5.89. The molecule has 0 atom stereocenters. The highest BCUT2D eigenvalue weighted by molar-refractivity contribution is 5.65. The van der Waals surface area contributed by atoms with Crippen molar-refractivity contribution in [3.63, 3.8) is 0 Å². The van der Waals surface area contributed by atoms with Crippen LogP contribution in [0.2, 0.25) is 0 Å². The second-order valence-corrected chi connectivity index (χ2v) is 2.47. The fourth-order valence-electron chi connectivity index (χ4n) is 0.987. The summed E-state index contributed by atoms with van der Waals surface area (Å²) >= 11 is 0. The van der Waals surface area contributed by atoms with Gasteiger partial charge in [0.1, 0.15) is 0 Å². The molecule has 0 fully saturated rings. The molecule has 0 amide bonds. The van der Waals surface area contributed by atoms with E-state index in [1.54, 1.807) is 6.20 Å². The van der Waals surface area contributed by atoms with Gasteiger partial charge in [-0.05, 0) is 30.4 Å². The molecule has 0 saturated heterocycles. The van der Waals surface area contributed by atoms with Crippen molar-refractivity contribution in [3.05, 3.63) is 42.0 Å². The van der Waals surface area contributed by atoms with Crippen LogP contribution < -0.4 is 0 Å². The molecule has 2 N–H and O–H groups in total. The number of H-pyrrole nitrogens is 2. The van der Waals surface area contributed by atoms with Crippen molar-refractivity contribution in [3.8, 4) is 0 Å². The molecule has 0 bridgehead atoms. The number of hydrogen-bond acceptors (Lipinski definition) is 1. The Hall–Kier alpha value is -1.77. The van der Waals surface area contributed by atoms with Crippen molar-refractivity contribution in [2.24, 2.45) is 0 Å². The van der Waals surface area contributed by atoms with Crippen LogP contribution in [0, 0.1) is 0 Å². The Morgan fingerprint density at radius 3 is 2.75 bits per heavy atom. The second kappa shape index (κ2) is 3.09. The van der Waals surface area contributed by atoms with Crippen LogP contribution >= 0.6 is 0 Å². The highest BCUT2D eigenvalue weighted by atomic mass is 15.1. The van der Waals surface area contributed by atoms with Gasteiger partial charge < -0.3 is 4.98 Å². The van der Waals surface area contributed by atoms with E-state index in [2.05, 4.69) is 15.2 Å². The van der Waals surface area contributed by atoms with Crippen LogP contribution in [-0.4, -0.2) is 15.2 Å². The van der Waals surface area contributed by atoms with E-state index in [1.165, 1.54) is 0 Å². The molecule has 0 aliphatic carbocycles. The van der Waals surface area contributed by atoms with Crippen molar-refractivity contribution < 1.29 is 0 Å². The van der Waals surface area contributed by atoms with E-state index in [-0.39, 0.29) is 0 Å². The molecule has 3 nitrogen and oxygen atoms in total. The first-order valence-electron chi connectivity index (χ1n) is 3.76. The lowest BCUT2D eigenvalue weighted by molar-refractivity contribution is 1.08. The van der Waals surface area contributed by atoms with Crippen molar-refractivity contribution >= 4 is 12.2 Å². The van der Waals surface area contributed by atoms with E-state index < -0.39 is 0 Å². The van der Waals surface area contributed by atoms with E-state index in [0.717, 1.165) is 11.4 Å². The zero-order chi connectivity index (χ0) is 8.23. The van der Waals surface area contributed by atoms with Crippen LogP contribution in [0.3, 0.4) is 0 Å². The maximum atomic E-state index is 3.84. The average Bonchev–Trinajstić information content (AvgIpc) is 2.74. The molecule has 2 heterocycles. The quantitative estimate of drug-likeness (QED) is 0.690. The topological polar surface area (TPSA) is 44.5 Å². The summed E-state index contributed by atoms with van der Waals surface area (Å²) in [5.74, 6) is 0. The third kappa shape index (κ3) is 1.45. The van der Waals surface area contributed by atoms with Gasteiger partial charge in [0.2, 0.25) is 0 Å².